The standard InChI is InChI=1S/C12H13Cl2N3S/c1-3-10-11(15)12(17(2)16-10)18-9-5-7(13)4-8(14)6-9/h4-6H,3,15H2,1-2H3. The lowest BCUT2D eigenvalue weighted by atomic mass is 10.3. The summed E-state index contributed by atoms with van der Waals surface area (Å²) in [4.78, 5) is 0.949. The Balaban J connectivity index is 2.36. The van der Waals surface area contributed by atoms with Crippen molar-refractivity contribution in [2.75, 3.05) is 5.73 Å². The lowest BCUT2D eigenvalue weighted by Gasteiger charge is -2.04. The van der Waals surface area contributed by atoms with Crippen molar-refractivity contribution in [3.8, 4) is 0 Å². The Labute approximate surface area is 120 Å². The van der Waals surface area contributed by atoms with E-state index in [0.717, 1.165) is 27.7 Å². The number of nitrogens with two attached hydrogens (primary N) is 1. The van der Waals surface area contributed by atoms with E-state index in [9.17, 15) is 0 Å². The third-order valence-corrected chi connectivity index (χ3v) is 4.08. The maximum Gasteiger partial charge on any atom is 0.122 e. The molecule has 6 heteroatoms. The normalized spacial score (nSPS) is 10.9. The average molecular weight is 302 g/mol. The second kappa shape index (κ2) is 5.43. The number of halogens is 2. The molecule has 2 aromatic rings. The summed E-state index contributed by atoms with van der Waals surface area (Å²) in [6, 6.07) is 5.42. The molecule has 96 valence electrons. The molecule has 18 heavy (non-hydrogen) atoms. The molecule has 0 spiro atoms. The third-order valence-electron chi connectivity index (χ3n) is 2.49. The van der Waals surface area contributed by atoms with E-state index in [1.807, 2.05) is 26.1 Å². The topological polar surface area (TPSA) is 43.8 Å². The highest BCUT2D eigenvalue weighted by atomic mass is 35.5. The highest BCUT2D eigenvalue weighted by Gasteiger charge is 2.13. The van der Waals surface area contributed by atoms with E-state index in [1.165, 1.54) is 11.8 Å². The van der Waals surface area contributed by atoms with Gasteiger partial charge < -0.3 is 5.73 Å². The van der Waals surface area contributed by atoms with Crippen LogP contribution in [0, 0.1) is 0 Å². The molecule has 1 heterocycles. The molecule has 0 saturated heterocycles. The van der Waals surface area contributed by atoms with Crippen LogP contribution < -0.4 is 5.73 Å². The van der Waals surface area contributed by atoms with Crippen molar-refractivity contribution in [3.63, 3.8) is 0 Å². The fourth-order valence-electron chi connectivity index (χ4n) is 1.66. The first-order valence-corrected chi connectivity index (χ1v) is 7.03. The van der Waals surface area contributed by atoms with Gasteiger partial charge in [-0.2, -0.15) is 5.10 Å². The van der Waals surface area contributed by atoms with Crippen LogP contribution >= 0.6 is 35.0 Å². The van der Waals surface area contributed by atoms with Gasteiger partial charge in [0.15, 0.2) is 0 Å². The molecule has 0 saturated carbocycles. The van der Waals surface area contributed by atoms with E-state index in [0.29, 0.717) is 10.0 Å². The zero-order valence-electron chi connectivity index (χ0n) is 10.1. The molecule has 2 N–H and O–H groups in total. The summed E-state index contributed by atoms with van der Waals surface area (Å²) in [5.41, 5.74) is 7.70. The maximum absolute atomic E-state index is 6.07. The number of benzene rings is 1. The van der Waals surface area contributed by atoms with Gasteiger partial charge in [-0.15, -0.1) is 0 Å². The van der Waals surface area contributed by atoms with Crippen LogP contribution in [0.15, 0.2) is 28.1 Å². The van der Waals surface area contributed by atoms with Gasteiger partial charge in [0.1, 0.15) is 5.03 Å². The van der Waals surface area contributed by atoms with Crippen LogP contribution in [-0.2, 0) is 13.5 Å². The van der Waals surface area contributed by atoms with Crippen LogP contribution in [0.5, 0.6) is 0 Å². The van der Waals surface area contributed by atoms with Gasteiger partial charge in [0.05, 0.1) is 11.4 Å². The first kappa shape index (κ1) is 13.6. The summed E-state index contributed by atoms with van der Waals surface area (Å²) >= 11 is 13.5. The van der Waals surface area contributed by atoms with Crippen LogP contribution in [0.1, 0.15) is 12.6 Å². The number of nitrogen functional groups attached to an aromatic ring is 1. The van der Waals surface area contributed by atoms with Gasteiger partial charge in [0, 0.05) is 22.0 Å². The predicted octanol–water partition coefficient (Wildman–Crippen LogP) is 4.02. The number of aromatic nitrogens is 2. The molecule has 3 nitrogen and oxygen atoms in total. The summed E-state index contributed by atoms with van der Waals surface area (Å²) in [7, 11) is 1.88. The number of rotatable bonds is 3. The third kappa shape index (κ3) is 2.76. The lowest BCUT2D eigenvalue weighted by molar-refractivity contribution is 0.687. The van der Waals surface area contributed by atoms with Crippen LogP contribution in [-0.4, -0.2) is 9.78 Å². The van der Waals surface area contributed by atoms with Crippen LogP contribution in [0.3, 0.4) is 0 Å². The van der Waals surface area contributed by atoms with Crippen molar-refractivity contribution in [2.45, 2.75) is 23.3 Å². The first-order valence-electron chi connectivity index (χ1n) is 5.46. The van der Waals surface area contributed by atoms with Crippen molar-refractivity contribution < 1.29 is 0 Å². The van der Waals surface area contributed by atoms with Gasteiger partial charge in [-0.05, 0) is 24.6 Å². The summed E-state index contributed by atoms with van der Waals surface area (Å²) in [6.45, 7) is 2.03. The molecule has 0 atom stereocenters. The van der Waals surface area contributed by atoms with Crippen molar-refractivity contribution >= 4 is 40.7 Å². The van der Waals surface area contributed by atoms with E-state index in [-0.39, 0.29) is 0 Å². The number of aryl methyl sites for hydroxylation is 2. The Morgan fingerprint density at radius 1 is 1.28 bits per heavy atom. The molecular weight excluding hydrogens is 289 g/mol. The second-order valence-electron chi connectivity index (χ2n) is 3.85. The van der Waals surface area contributed by atoms with Crippen molar-refractivity contribution in [3.05, 3.63) is 33.9 Å². The number of hydrogen-bond acceptors (Lipinski definition) is 3. The van der Waals surface area contributed by atoms with Crippen molar-refractivity contribution in [1.82, 2.24) is 9.78 Å². The minimum absolute atomic E-state index is 0.612. The average Bonchev–Trinajstić information content (AvgIpc) is 2.55. The summed E-state index contributed by atoms with van der Waals surface area (Å²) < 4.78 is 1.79. The molecule has 0 amide bonds. The largest absolute Gasteiger partial charge is 0.395 e. The van der Waals surface area contributed by atoms with E-state index >= 15 is 0 Å². The molecule has 0 aliphatic heterocycles. The van der Waals surface area contributed by atoms with Gasteiger partial charge in [-0.3, -0.25) is 4.68 Å². The molecule has 0 unspecified atom stereocenters. The highest BCUT2D eigenvalue weighted by molar-refractivity contribution is 7.99. The van der Waals surface area contributed by atoms with Gasteiger partial charge in [0.25, 0.3) is 0 Å². The zero-order valence-corrected chi connectivity index (χ0v) is 12.4. The van der Waals surface area contributed by atoms with Crippen LogP contribution in [0.4, 0.5) is 5.69 Å². The Kier molecular flexibility index (Phi) is 4.10. The minimum atomic E-state index is 0.612. The van der Waals surface area contributed by atoms with Crippen molar-refractivity contribution in [2.24, 2.45) is 7.05 Å². The fraction of sp³-hybridized carbons (Fsp3) is 0.250. The van der Waals surface area contributed by atoms with Gasteiger partial charge in [-0.1, -0.05) is 41.9 Å². The Hall–Kier alpha value is -0.840. The Bertz CT molecular complexity index is 561. The smallest absolute Gasteiger partial charge is 0.122 e. The molecule has 2 rings (SSSR count). The molecule has 0 aliphatic carbocycles. The monoisotopic (exact) mass is 301 g/mol. The predicted molar refractivity (Wildman–Crippen MR) is 77.6 cm³/mol. The zero-order chi connectivity index (χ0) is 13.3. The molecule has 0 bridgehead atoms. The second-order valence-corrected chi connectivity index (χ2v) is 5.78. The molecular formula is C12H13Cl2N3S. The van der Waals surface area contributed by atoms with Gasteiger partial charge in [0.2, 0.25) is 0 Å². The van der Waals surface area contributed by atoms with Crippen LogP contribution in [0.25, 0.3) is 0 Å². The lowest BCUT2D eigenvalue weighted by Crippen LogP contribution is -1.93. The highest BCUT2D eigenvalue weighted by Crippen LogP contribution is 2.36. The summed E-state index contributed by atoms with van der Waals surface area (Å²) in [6.07, 6.45) is 0.816. The van der Waals surface area contributed by atoms with Crippen molar-refractivity contribution in [1.29, 1.82) is 0 Å². The SMILES string of the molecule is CCc1nn(C)c(Sc2cc(Cl)cc(Cl)c2)c1N. The van der Waals surface area contributed by atoms with E-state index in [2.05, 4.69) is 5.10 Å². The molecule has 0 aliphatic rings. The maximum atomic E-state index is 6.07. The van der Waals surface area contributed by atoms with Gasteiger partial charge >= 0.3 is 0 Å². The number of hydrogen-bond donors (Lipinski definition) is 1. The Morgan fingerprint density at radius 2 is 1.89 bits per heavy atom. The summed E-state index contributed by atoms with van der Waals surface area (Å²) in [5, 5.41) is 6.51. The number of anilines is 1. The molecule has 0 radical (unpaired) electrons. The Morgan fingerprint density at radius 3 is 2.39 bits per heavy atom. The summed E-state index contributed by atoms with van der Waals surface area (Å²) in [5.74, 6) is 0. The molecule has 1 aromatic carbocycles. The quantitative estimate of drug-likeness (QED) is 0.931. The molecule has 1 aromatic heterocycles. The first-order chi connectivity index (χ1) is 8.51. The van der Waals surface area contributed by atoms with E-state index in [1.54, 1.807) is 10.7 Å². The van der Waals surface area contributed by atoms with Gasteiger partial charge in [-0.25, -0.2) is 0 Å². The minimum Gasteiger partial charge on any atom is -0.395 e. The fourth-order valence-corrected chi connectivity index (χ4v) is 3.31. The number of nitrogens with zero attached hydrogens (tertiary/aromatic N) is 2. The molecule has 0 fully saturated rings. The van der Waals surface area contributed by atoms with Crippen LogP contribution in [0.2, 0.25) is 10.0 Å². The van der Waals surface area contributed by atoms with E-state index < -0.39 is 0 Å². The van der Waals surface area contributed by atoms with E-state index in [4.69, 9.17) is 28.9 Å².